The van der Waals surface area contributed by atoms with Crippen LogP contribution in [-0.2, 0) is 0 Å². The molecule has 0 bridgehead atoms. The maximum absolute atomic E-state index is 12.4. The van der Waals surface area contributed by atoms with Crippen LogP contribution in [0, 0.1) is 6.92 Å². The van der Waals surface area contributed by atoms with Gasteiger partial charge in [0, 0.05) is 18.2 Å². The van der Waals surface area contributed by atoms with Gasteiger partial charge in [-0.15, -0.1) is 0 Å². The normalized spacial score (nSPS) is 12.6. The van der Waals surface area contributed by atoms with E-state index in [-0.39, 0.29) is 12.7 Å². The maximum atomic E-state index is 12.4. The van der Waals surface area contributed by atoms with Gasteiger partial charge < -0.3 is 19.2 Å². The lowest BCUT2D eigenvalue weighted by molar-refractivity contribution is 0.102. The van der Waals surface area contributed by atoms with Crippen LogP contribution in [0.2, 0.25) is 5.02 Å². The number of anilines is 1. The molecule has 1 aliphatic rings. The van der Waals surface area contributed by atoms with Crippen molar-refractivity contribution in [1.82, 2.24) is 4.98 Å². The van der Waals surface area contributed by atoms with E-state index in [0.717, 1.165) is 0 Å². The summed E-state index contributed by atoms with van der Waals surface area (Å²) in [6, 6.07) is 8.40. The molecule has 1 aromatic heterocycles. The lowest BCUT2D eigenvalue weighted by Gasteiger charge is -2.07. The summed E-state index contributed by atoms with van der Waals surface area (Å²) in [5.41, 5.74) is 2.36. The van der Waals surface area contributed by atoms with Crippen molar-refractivity contribution in [3.63, 3.8) is 0 Å². The molecule has 7 heteroatoms. The minimum absolute atomic E-state index is 0.0995. The monoisotopic (exact) mass is 330 g/mol. The summed E-state index contributed by atoms with van der Waals surface area (Å²) in [5, 5.41) is 3.14. The predicted molar refractivity (Wildman–Crippen MR) is 84.3 cm³/mol. The molecule has 1 N–H and O–H groups in total. The van der Waals surface area contributed by atoms with Crippen molar-refractivity contribution in [2.45, 2.75) is 6.92 Å². The summed E-state index contributed by atoms with van der Waals surface area (Å²) < 4.78 is 15.9. The molecule has 0 saturated heterocycles. The Kier molecular flexibility index (Phi) is 3.12. The number of amides is 1. The molecule has 0 spiro atoms. The molecule has 0 unspecified atom stereocenters. The van der Waals surface area contributed by atoms with E-state index in [2.05, 4.69) is 10.3 Å². The van der Waals surface area contributed by atoms with Gasteiger partial charge in [-0.2, -0.15) is 0 Å². The molecule has 1 amide bonds. The SMILES string of the molecule is Cc1nc2cc(NC(=O)c3cc(Cl)c4c(c3)OCO4)ccc2o1. The van der Waals surface area contributed by atoms with E-state index in [9.17, 15) is 4.79 Å². The van der Waals surface area contributed by atoms with Crippen LogP contribution in [0.4, 0.5) is 5.69 Å². The number of ether oxygens (including phenoxy) is 2. The molecule has 116 valence electrons. The van der Waals surface area contributed by atoms with Crippen molar-refractivity contribution in [1.29, 1.82) is 0 Å². The third kappa shape index (κ3) is 2.47. The summed E-state index contributed by atoms with van der Waals surface area (Å²) in [6.45, 7) is 1.87. The maximum Gasteiger partial charge on any atom is 0.255 e. The van der Waals surface area contributed by atoms with Gasteiger partial charge in [-0.25, -0.2) is 4.98 Å². The molecule has 1 aliphatic heterocycles. The molecule has 0 aliphatic carbocycles. The summed E-state index contributed by atoms with van der Waals surface area (Å²) in [4.78, 5) is 16.6. The second-order valence-corrected chi connectivity index (χ2v) is 5.47. The van der Waals surface area contributed by atoms with Crippen LogP contribution in [-0.4, -0.2) is 17.7 Å². The third-order valence-corrected chi connectivity index (χ3v) is 3.72. The first-order chi connectivity index (χ1) is 11.1. The van der Waals surface area contributed by atoms with Gasteiger partial charge in [-0.05, 0) is 30.3 Å². The molecule has 23 heavy (non-hydrogen) atoms. The quantitative estimate of drug-likeness (QED) is 0.774. The number of nitrogens with zero attached hydrogens (tertiary/aromatic N) is 1. The molecule has 2 heterocycles. The van der Waals surface area contributed by atoms with Crippen LogP contribution in [0.25, 0.3) is 11.1 Å². The van der Waals surface area contributed by atoms with Gasteiger partial charge in [0.25, 0.3) is 5.91 Å². The molecule has 0 fully saturated rings. The topological polar surface area (TPSA) is 73.6 Å². The van der Waals surface area contributed by atoms with E-state index in [1.807, 2.05) is 0 Å². The summed E-state index contributed by atoms with van der Waals surface area (Å²) >= 11 is 6.10. The minimum atomic E-state index is -0.301. The number of hydrogen-bond donors (Lipinski definition) is 1. The van der Waals surface area contributed by atoms with E-state index in [1.165, 1.54) is 0 Å². The molecule has 6 nitrogen and oxygen atoms in total. The second-order valence-electron chi connectivity index (χ2n) is 5.06. The highest BCUT2D eigenvalue weighted by Gasteiger charge is 2.20. The number of aromatic nitrogens is 1. The fraction of sp³-hybridized carbons (Fsp3) is 0.125. The number of halogens is 1. The highest BCUT2D eigenvalue weighted by Crippen LogP contribution is 2.39. The Morgan fingerprint density at radius 1 is 1.26 bits per heavy atom. The number of rotatable bonds is 2. The van der Waals surface area contributed by atoms with E-state index in [0.29, 0.717) is 44.8 Å². The van der Waals surface area contributed by atoms with Gasteiger partial charge in [-0.3, -0.25) is 4.79 Å². The van der Waals surface area contributed by atoms with Gasteiger partial charge >= 0.3 is 0 Å². The van der Waals surface area contributed by atoms with E-state index >= 15 is 0 Å². The molecule has 0 radical (unpaired) electrons. The molecule has 4 rings (SSSR count). The second kappa shape index (κ2) is 5.17. The number of oxazole rings is 1. The highest BCUT2D eigenvalue weighted by atomic mass is 35.5. The van der Waals surface area contributed by atoms with E-state index < -0.39 is 0 Å². The first kappa shape index (κ1) is 13.9. The molecular formula is C16H11ClN2O4. The van der Waals surface area contributed by atoms with Gasteiger partial charge in [0.2, 0.25) is 6.79 Å². The Balaban J connectivity index is 1.62. The largest absolute Gasteiger partial charge is 0.454 e. The molecule has 0 atom stereocenters. The summed E-state index contributed by atoms with van der Waals surface area (Å²) in [5.74, 6) is 1.20. The van der Waals surface area contributed by atoms with Crippen molar-refractivity contribution in [2.24, 2.45) is 0 Å². The van der Waals surface area contributed by atoms with E-state index in [4.69, 9.17) is 25.5 Å². The number of nitrogens with one attached hydrogen (secondary N) is 1. The van der Waals surface area contributed by atoms with Gasteiger partial charge in [0.05, 0.1) is 5.02 Å². The summed E-state index contributed by atoms with van der Waals surface area (Å²) in [7, 11) is 0. The standard InChI is InChI=1S/C16H11ClN2O4/c1-8-18-12-6-10(2-3-13(12)23-8)19-16(20)9-4-11(17)15-14(5-9)21-7-22-15/h2-6H,7H2,1H3,(H,19,20). The van der Waals surface area contributed by atoms with Gasteiger partial charge in [-0.1, -0.05) is 11.6 Å². The Morgan fingerprint density at radius 2 is 2.13 bits per heavy atom. The predicted octanol–water partition coefficient (Wildman–Crippen LogP) is 3.77. The van der Waals surface area contributed by atoms with Crippen LogP contribution in [0.1, 0.15) is 16.2 Å². The Labute approximate surface area is 136 Å². The van der Waals surface area contributed by atoms with Crippen molar-refractivity contribution < 1.29 is 18.7 Å². The molecule has 3 aromatic rings. The zero-order valence-electron chi connectivity index (χ0n) is 12.1. The lowest BCUT2D eigenvalue weighted by Crippen LogP contribution is -2.11. The summed E-state index contributed by atoms with van der Waals surface area (Å²) in [6.07, 6.45) is 0. The highest BCUT2D eigenvalue weighted by molar-refractivity contribution is 6.32. The Bertz CT molecular complexity index is 935. The van der Waals surface area contributed by atoms with Crippen molar-refractivity contribution in [2.75, 3.05) is 12.1 Å². The fourth-order valence-electron chi connectivity index (χ4n) is 2.42. The zero-order valence-corrected chi connectivity index (χ0v) is 12.8. The number of fused-ring (bicyclic) bond motifs is 2. The van der Waals surface area contributed by atoms with Crippen molar-refractivity contribution in [3.05, 3.63) is 46.8 Å². The first-order valence-corrected chi connectivity index (χ1v) is 7.25. The average molecular weight is 331 g/mol. The Morgan fingerprint density at radius 3 is 3.00 bits per heavy atom. The van der Waals surface area contributed by atoms with Crippen LogP contribution in [0.3, 0.4) is 0 Å². The van der Waals surface area contributed by atoms with Crippen LogP contribution >= 0.6 is 11.6 Å². The molecule has 2 aromatic carbocycles. The van der Waals surface area contributed by atoms with Gasteiger partial charge in [0.15, 0.2) is 23.0 Å². The Hall–Kier alpha value is -2.73. The lowest BCUT2D eigenvalue weighted by atomic mass is 10.2. The average Bonchev–Trinajstić information content (AvgIpc) is 3.12. The van der Waals surface area contributed by atoms with E-state index in [1.54, 1.807) is 37.3 Å². The number of benzene rings is 2. The number of carbonyl (C=O) groups excluding carboxylic acids is 1. The first-order valence-electron chi connectivity index (χ1n) is 6.88. The molecule has 0 saturated carbocycles. The van der Waals surface area contributed by atoms with Crippen molar-refractivity contribution >= 4 is 34.3 Å². The van der Waals surface area contributed by atoms with Crippen molar-refractivity contribution in [3.8, 4) is 11.5 Å². The van der Waals surface area contributed by atoms with Gasteiger partial charge in [0.1, 0.15) is 5.52 Å². The third-order valence-electron chi connectivity index (χ3n) is 3.44. The fourth-order valence-corrected chi connectivity index (χ4v) is 2.69. The number of carbonyl (C=O) groups is 1. The molecular weight excluding hydrogens is 320 g/mol. The smallest absolute Gasteiger partial charge is 0.255 e. The minimum Gasteiger partial charge on any atom is -0.454 e. The van der Waals surface area contributed by atoms with Crippen LogP contribution in [0.5, 0.6) is 11.5 Å². The van der Waals surface area contributed by atoms with Crippen LogP contribution < -0.4 is 14.8 Å². The number of hydrogen-bond acceptors (Lipinski definition) is 5. The van der Waals surface area contributed by atoms with Crippen LogP contribution in [0.15, 0.2) is 34.7 Å². The zero-order chi connectivity index (χ0) is 16.0. The number of aryl methyl sites for hydroxylation is 1.